The average molecular weight is 282 g/mol. The third kappa shape index (κ3) is 4.68. The maximum absolute atomic E-state index is 11.9. The Kier molecular flexibility index (Phi) is 5.30. The maximum Gasteiger partial charge on any atom is 0.408 e. The van der Waals surface area contributed by atoms with Crippen molar-refractivity contribution < 1.29 is 18.7 Å². The highest BCUT2D eigenvalue weighted by Gasteiger charge is 2.27. The summed E-state index contributed by atoms with van der Waals surface area (Å²) in [6.45, 7) is 9.34. The summed E-state index contributed by atoms with van der Waals surface area (Å²) in [6.07, 6.45) is 2.21. The number of oxazole rings is 1. The molecule has 6 nitrogen and oxygen atoms in total. The molecule has 0 aliphatic carbocycles. The minimum atomic E-state index is -0.575. The van der Waals surface area contributed by atoms with Gasteiger partial charge in [0, 0.05) is 0 Å². The molecule has 0 aliphatic rings. The zero-order valence-electron chi connectivity index (χ0n) is 12.6. The average Bonchev–Trinajstić information content (AvgIpc) is 2.81. The molecule has 1 amide bonds. The van der Waals surface area contributed by atoms with Crippen LogP contribution in [0.1, 0.15) is 63.5 Å². The minimum absolute atomic E-state index is 0.0978. The molecule has 0 bridgehead atoms. The molecule has 0 spiro atoms. The first-order valence-electron chi connectivity index (χ1n) is 6.67. The molecular formula is C14H22N2O4. The minimum Gasteiger partial charge on any atom is -0.444 e. The number of hydrogen-bond donors (Lipinski definition) is 1. The van der Waals surface area contributed by atoms with Crippen molar-refractivity contribution >= 4 is 12.4 Å². The van der Waals surface area contributed by atoms with Gasteiger partial charge in [0.05, 0.1) is 6.20 Å². The van der Waals surface area contributed by atoms with Gasteiger partial charge >= 0.3 is 6.09 Å². The molecule has 20 heavy (non-hydrogen) atoms. The predicted octanol–water partition coefficient (Wildman–Crippen LogP) is 3.10. The summed E-state index contributed by atoms with van der Waals surface area (Å²) < 4.78 is 10.5. The van der Waals surface area contributed by atoms with Crippen molar-refractivity contribution in [2.24, 2.45) is 5.92 Å². The van der Waals surface area contributed by atoms with Gasteiger partial charge in [-0.1, -0.05) is 20.3 Å². The third-order valence-corrected chi connectivity index (χ3v) is 2.81. The first-order valence-corrected chi connectivity index (χ1v) is 6.67. The Balaban J connectivity index is 2.85. The molecule has 1 aromatic rings. The topological polar surface area (TPSA) is 81.4 Å². The normalized spacial score (nSPS) is 14.4. The van der Waals surface area contributed by atoms with Crippen LogP contribution >= 0.6 is 0 Å². The Hall–Kier alpha value is -1.85. The number of hydrogen-bond acceptors (Lipinski definition) is 5. The monoisotopic (exact) mass is 282 g/mol. The van der Waals surface area contributed by atoms with Crippen LogP contribution in [0.3, 0.4) is 0 Å². The first kappa shape index (κ1) is 16.2. The van der Waals surface area contributed by atoms with E-state index >= 15 is 0 Å². The molecule has 0 saturated heterocycles. The fourth-order valence-electron chi connectivity index (χ4n) is 1.62. The van der Waals surface area contributed by atoms with Gasteiger partial charge in [0.25, 0.3) is 0 Å². The summed E-state index contributed by atoms with van der Waals surface area (Å²) in [5, 5.41) is 2.74. The molecule has 6 heteroatoms. The SMILES string of the molecule is CC[C@@H](C)[C@H](NC(=O)OC(C)(C)C)c1ncc(C=O)o1. The van der Waals surface area contributed by atoms with Crippen LogP contribution in [-0.4, -0.2) is 23.0 Å². The number of nitrogens with zero attached hydrogens (tertiary/aromatic N) is 1. The van der Waals surface area contributed by atoms with Crippen molar-refractivity contribution in [3.05, 3.63) is 17.8 Å². The van der Waals surface area contributed by atoms with E-state index in [2.05, 4.69) is 10.3 Å². The fourth-order valence-corrected chi connectivity index (χ4v) is 1.62. The van der Waals surface area contributed by atoms with Crippen molar-refractivity contribution in [3.8, 4) is 0 Å². The summed E-state index contributed by atoms with van der Waals surface area (Å²) in [7, 11) is 0. The Morgan fingerprint density at radius 1 is 1.55 bits per heavy atom. The van der Waals surface area contributed by atoms with Gasteiger partial charge in [-0.15, -0.1) is 0 Å². The number of aromatic nitrogens is 1. The summed E-state index contributed by atoms with van der Waals surface area (Å²) in [5.41, 5.74) is -0.575. The van der Waals surface area contributed by atoms with E-state index in [-0.39, 0.29) is 11.7 Å². The summed E-state index contributed by atoms with van der Waals surface area (Å²) in [6, 6.07) is -0.427. The number of aldehydes is 1. The van der Waals surface area contributed by atoms with E-state index in [1.807, 2.05) is 13.8 Å². The molecule has 1 heterocycles. The van der Waals surface area contributed by atoms with Crippen molar-refractivity contribution in [1.29, 1.82) is 0 Å². The second-order valence-electron chi connectivity index (χ2n) is 5.73. The summed E-state index contributed by atoms with van der Waals surface area (Å²) in [4.78, 5) is 26.6. The molecule has 0 aromatic carbocycles. The van der Waals surface area contributed by atoms with Crippen LogP contribution in [-0.2, 0) is 4.74 Å². The van der Waals surface area contributed by atoms with Gasteiger partial charge in [-0.05, 0) is 26.7 Å². The van der Waals surface area contributed by atoms with Crippen LogP contribution in [0.2, 0.25) is 0 Å². The van der Waals surface area contributed by atoms with Gasteiger partial charge in [0.2, 0.25) is 5.89 Å². The number of rotatable bonds is 5. The lowest BCUT2D eigenvalue weighted by Crippen LogP contribution is -2.37. The van der Waals surface area contributed by atoms with Crippen molar-refractivity contribution in [1.82, 2.24) is 10.3 Å². The lowest BCUT2D eigenvalue weighted by atomic mass is 9.99. The number of carbonyl (C=O) groups is 2. The van der Waals surface area contributed by atoms with Gasteiger partial charge in [0.1, 0.15) is 11.6 Å². The van der Waals surface area contributed by atoms with Crippen LogP contribution in [0, 0.1) is 5.92 Å². The van der Waals surface area contributed by atoms with Crippen LogP contribution in [0.4, 0.5) is 4.79 Å². The Morgan fingerprint density at radius 2 is 2.20 bits per heavy atom. The standard InChI is InChI=1S/C14H22N2O4/c1-6-9(2)11(12-15-7-10(8-17)19-12)16-13(18)20-14(3,4)5/h7-9,11H,6H2,1-5H3,(H,16,18)/t9-,11+/m1/s1. The number of amides is 1. The van der Waals surface area contributed by atoms with Gasteiger partial charge in [-0.3, -0.25) is 4.79 Å². The molecule has 1 aromatic heterocycles. The van der Waals surface area contributed by atoms with Gasteiger partial charge in [-0.2, -0.15) is 0 Å². The van der Waals surface area contributed by atoms with E-state index in [0.717, 1.165) is 6.42 Å². The molecule has 0 radical (unpaired) electrons. The van der Waals surface area contributed by atoms with E-state index in [1.165, 1.54) is 6.20 Å². The highest BCUT2D eigenvalue weighted by molar-refractivity contribution is 5.70. The van der Waals surface area contributed by atoms with Crippen LogP contribution in [0.15, 0.2) is 10.6 Å². The van der Waals surface area contributed by atoms with Crippen molar-refractivity contribution in [2.75, 3.05) is 0 Å². The molecule has 1 N–H and O–H groups in total. The number of nitrogens with one attached hydrogen (secondary N) is 1. The van der Waals surface area contributed by atoms with Crippen LogP contribution < -0.4 is 5.32 Å². The second kappa shape index (κ2) is 6.54. The molecule has 0 fully saturated rings. The van der Waals surface area contributed by atoms with Crippen molar-refractivity contribution in [3.63, 3.8) is 0 Å². The summed E-state index contributed by atoms with van der Waals surface area (Å²) in [5.74, 6) is 0.548. The highest BCUT2D eigenvalue weighted by atomic mass is 16.6. The van der Waals surface area contributed by atoms with E-state index in [1.54, 1.807) is 20.8 Å². The Morgan fingerprint density at radius 3 is 2.65 bits per heavy atom. The van der Waals surface area contributed by atoms with E-state index < -0.39 is 17.7 Å². The number of alkyl carbamates (subject to hydrolysis) is 1. The fraction of sp³-hybridized carbons (Fsp3) is 0.643. The molecule has 0 aliphatic heterocycles. The smallest absolute Gasteiger partial charge is 0.408 e. The van der Waals surface area contributed by atoms with Gasteiger partial charge in [-0.25, -0.2) is 9.78 Å². The zero-order chi connectivity index (χ0) is 15.3. The molecular weight excluding hydrogens is 260 g/mol. The van der Waals surface area contributed by atoms with Crippen LogP contribution in [0.5, 0.6) is 0 Å². The molecule has 112 valence electrons. The largest absolute Gasteiger partial charge is 0.444 e. The van der Waals surface area contributed by atoms with E-state index in [0.29, 0.717) is 12.2 Å². The molecule has 0 saturated carbocycles. The van der Waals surface area contributed by atoms with Crippen LogP contribution in [0.25, 0.3) is 0 Å². The predicted molar refractivity (Wildman–Crippen MR) is 73.5 cm³/mol. The lowest BCUT2D eigenvalue weighted by Gasteiger charge is -2.25. The van der Waals surface area contributed by atoms with E-state index in [9.17, 15) is 9.59 Å². The van der Waals surface area contributed by atoms with Crippen molar-refractivity contribution in [2.45, 2.75) is 52.7 Å². The van der Waals surface area contributed by atoms with Gasteiger partial charge in [0.15, 0.2) is 12.0 Å². The molecule has 1 rings (SSSR count). The maximum atomic E-state index is 11.9. The third-order valence-electron chi connectivity index (χ3n) is 2.81. The highest BCUT2D eigenvalue weighted by Crippen LogP contribution is 2.24. The zero-order valence-corrected chi connectivity index (χ0v) is 12.6. The second-order valence-corrected chi connectivity index (χ2v) is 5.73. The van der Waals surface area contributed by atoms with E-state index in [4.69, 9.17) is 9.15 Å². The number of ether oxygens (including phenoxy) is 1. The molecule has 0 unspecified atom stereocenters. The first-order chi connectivity index (χ1) is 9.26. The Labute approximate surface area is 118 Å². The Bertz CT molecular complexity index is 462. The quantitative estimate of drug-likeness (QED) is 0.839. The summed E-state index contributed by atoms with van der Waals surface area (Å²) >= 11 is 0. The molecule has 2 atom stereocenters. The number of carbonyl (C=O) groups excluding carboxylic acids is 2. The van der Waals surface area contributed by atoms with Gasteiger partial charge < -0.3 is 14.5 Å². The lowest BCUT2D eigenvalue weighted by molar-refractivity contribution is 0.0475.